The van der Waals surface area contributed by atoms with Crippen molar-refractivity contribution < 1.29 is 4.79 Å². The van der Waals surface area contributed by atoms with Gasteiger partial charge in [0.2, 0.25) is 5.91 Å². The van der Waals surface area contributed by atoms with E-state index in [1.807, 2.05) is 13.1 Å². The zero-order valence-electron chi connectivity index (χ0n) is 11.7. The molecule has 0 unspecified atom stereocenters. The molecule has 4 heteroatoms. The lowest BCUT2D eigenvalue weighted by atomic mass is 10.1. The number of piperazine rings is 1. The fourth-order valence-corrected chi connectivity index (χ4v) is 3.33. The van der Waals surface area contributed by atoms with Gasteiger partial charge in [0.25, 0.3) is 0 Å². The third kappa shape index (κ3) is 2.20. The van der Waals surface area contributed by atoms with Crippen LogP contribution in [0.3, 0.4) is 0 Å². The lowest BCUT2D eigenvalue weighted by Gasteiger charge is -2.41. The zero-order chi connectivity index (χ0) is 13.4. The predicted octanol–water partition coefficient (Wildman–Crippen LogP) is 1.98. The van der Waals surface area contributed by atoms with E-state index < -0.39 is 0 Å². The van der Waals surface area contributed by atoms with Crippen molar-refractivity contribution in [1.82, 2.24) is 9.88 Å². The third-order valence-corrected chi connectivity index (χ3v) is 4.29. The topological polar surface area (TPSA) is 36.4 Å². The molecular formula is C15H21N3O. The number of carbonyl (C=O) groups excluding carboxylic acids is 1. The van der Waals surface area contributed by atoms with Gasteiger partial charge >= 0.3 is 0 Å². The summed E-state index contributed by atoms with van der Waals surface area (Å²) in [5.74, 6) is 1.36. The SMILES string of the molecule is CCC(=O)N1[C@@H]2CC[C@H]1CN(c1ccc(C)cn1)C2. The first-order valence-electron chi connectivity index (χ1n) is 7.18. The van der Waals surface area contributed by atoms with Crippen LogP contribution < -0.4 is 4.90 Å². The van der Waals surface area contributed by atoms with Crippen molar-refractivity contribution in [2.24, 2.45) is 0 Å². The van der Waals surface area contributed by atoms with E-state index in [0.29, 0.717) is 24.4 Å². The first-order valence-corrected chi connectivity index (χ1v) is 7.18. The second kappa shape index (κ2) is 4.83. The minimum Gasteiger partial charge on any atom is -0.352 e. The molecule has 0 radical (unpaired) electrons. The summed E-state index contributed by atoms with van der Waals surface area (Å²) in [5.41, 5.74) is 1.19. The van der Waals surface area contributed by atoms with Crippen LogP contribution in [0.25, 0.3) is 0 Å². The minimum atomic E-state index is 0.309. The van der Waals surface area contributed by atoms with Gasteiger partial charge in [0.15, 0.2) is 0 Å². The normalized spacial score (nSPS) is 25.8. The van der Waals surface area contributed by atoms with Gasteiger partial charge in [-0.05, 0) is 31.4 Å². The Kier molecular flexibility index (Phi) is 3.17. The Bertz CT molecular complexity index is 457. The molecule has 0 saturated carbocycles. The Morgan fingerprint density at radius 3 is 2.53 bits per heavy atom. The Hall–Kier alpha value is -1.58. The molecule has 1 aromatic rings. The second-order valence-corrected chi connectivity index (χ2v) is 5.64. The van der Waals surface area contributed by atoms with Gasteiger partial charge in [-0.15, -0.1) is 0 Å². The van der Waals surface area contributed by atoms with Gasteiger partial charge in [-0.3, -0.25) is 4.79 Å². The number of anilines is 1. The van der Waals surface area contributed by atoms with Crippen molar-refractivity contribution in [2.75, 3.05) is 18.0 Å². The molecular weight excluding hydrogens is 238 g/mol. The number of pyridine rings is 1. The highest BCUT2D eigenvalue weighted by molar-refractivity contribution is 5.77. The van der Waals surface area contributed by atoms with Gasteiger partial charge in [0.1, 0.15) is 5.82 Å². The van der Waals surface area contributed by atoms with Crippen LogP contribution in [0, 0.1) is 6.92 Å². The molecule has 1 aromatic heterocycles. The molecule has 1 amide bonds. The first kappa shape index (κ1) is 12.5. The van der Waals surface area contributed by atoms with Crippen LogP contribution in [0.4, 0.5) is 5.82 Å². The van der Waals surface area contributed by atoms with Gasteiger partial charge in [-0.1, -0.05) is 13.0 Å². The number of hydrogen-bond donors (Lipinski definition) is 0. The van der Waals surface area contributed by atoms with E-state index in [4.69, 9.17) is 0 Å². The van der Waals surface area contributed by atoms with Gasteiger partial charge < -0.3 is 9.80 Å². The molecule has 2 aliphatic heterocycles. The molecule has 2 bridgehead atoms. The average molecular weight is 259 g/mol. The Morgan fingerprint density at radius 2 is 2.00 bits per heavy atom. The molecule has 0 spiro atoms. The molecule has 102 valence electrons. The highest BCUT2D eigenvalue weighted by Crippen LogP contribution is 2.32. The van der Waals surface area contributed by atoms with Gasteiger partial charge in [0.05, 0.1) is 0 Å². The largest absolute Gasteiger partial charge is 0.352 e. The summed E-state index contributed by atoms with van der Waals surface area (Å²) in [4.78, 5) is 21.0. The van der Waals surface area contributed by atoms with E-state index in [1.165, 1.54) is 5.56 Å². The van der Waals surface area contributed by atoms with Crippen molar-refractivity contribution in [3.8, 4) is 0 Å². The fraction of sp³-hybridized carbons (Fsp3) is 0.600. The number of amides is 1. The maximum absolute atomic E-state index is 12.0. The van der Waals surface area contributed by atoms with Crippen molar-refractivity contribution in [3.05, 3.63) is 23.9 Å². The monoisotopic (exact) mass is 259 g/mol. The Labute approximate surface area is 114 Å². The van der Waals surface area contributed by atoms with Gasteiger partial charge in [-0.2, -0.15) is 0 Å². The summed E-state index contributed by atoms with van der Waals surface area (Å²) in [7, 11) is 0. The van der Waals surface area contributed by atoms with Crippen LogP contribution in [0.15, 0.2) is 18.3 Å². The van der Waals surface area contributed by atoms with Crippen LogP contribution in [0.5, 0.6) is 0 Å². The van der Waals surface area contributed by atoms with Crippen molar-refractivity contribution in [2.45, 2.75) is 45.2 Å². The van der Waals surface area contributed by atoms with E-state index in [2.05, 4.69) is 33.8 Å². The van der Waals surface area contributed by atoms with Crippen LogP contribution in [0.1, 0.15) is 31.7 Å². The molecule has 0 aliphatic carbocycles. The van der Waals surface area contributed by atoms with Crippen molar-refractivity contribution >= 4 is 11.7 Å². The van der Waals surface area contributed by atoms with Gasteiger partial charge in [-0.25, -0.2) is 4.98 Å². The number of rotatable bonds is 2. The van der Waals surface area contributed by atoms with E-state index in [1.54, 1.807) is 0 Å². The molecule has 4 nitrogen and oxygen atoms in total. The molecule has 2 aliphatic rings. The van der Waals surface area contributed by atoms with E-state index >= 15 is 0 Å². The van der Waals surface area contributed by atoms with Gasteiger partial charge in [0, 0.05) is 37.8 Å². The smallest absolute Gasteiger partial charge is 0.222 e. The van der Waals surface area contributed by atoms with Crippen LogP contribution in [-0.4, -0.2) is 41.0 Å². The van der Waals surface area contributed by atoms with Crippen LogP contribution in [0.2, 0.25) is 0 Å². The highest BCUT2D eigenvalue weighted by Gasteiger charge is 2.42. The summed E-state index contributed by atoms with van der Waals surface area (Å²) < 4.78 is 0. The third-order valence-electron chi connectivity index (χ3n) is 4.29. The number of aromatic nitrogens is 1. The van der Waals surface area contributed by atoms with Crippen molar-refractivity contribution in [1.29, 1.82) is 0 Å². The minimum absolute atomic E-state index is 0.309. The molecule has 2 atom stereocenters. The molecule has 3 rings (SSSR count). The predicted molar refractivity (Wildman–Crippen MR) is 75.1 cm³/mol. The summed E-state index contributed by atoms with van der Waals surface area (Å²) in [6.45, 7) is 5.87. The summed E-state index contributed by atoms with van der Waals surface area (Å²) in [6, 6.07) is 4.96. The zero-order valence-corrected chi connectivity index (χ0v) is 11.7. The quantitative estimate of drug-likeness (QED) is 0.815. The molecule has 19 heavy (non-hydrogen) atoms. The number of carbonyl (C=O) groups is 1. The molecule has 0 N–H and O–H groups in total. The fourth-order valence-electron chi connectivity index (χ4n) is 3.33. The summed E-state index contributed by atoms with van der Waals surface area (Å²) >= 11 is 0. The maximum atomic E-state index is 12.0. The first-order chi connectivity index (χ1) is 9.19. The Balaban J connectivity index is 1.77. The average Bonchev–Trinajstić information content (AvgIpc) is 2.69. The molecule has 2 fully saturated rings. The molecule has 0 aromatic carbocycles. The van der Waals surface area contributed by atoms with Crippen molar-refractivity contribution in [3.63, 3.8) is 0 Å². The van der Waals surface area contributed by atoms with E-state index in [9.17, 15) is 4.79 Å². The van der Waals surface area contributed by atoms with E-state index in [-0.39, 0.29) is 0 Å². The highest BCUT2D eigenvalue weighted by atomic mass is 16.2. The molecule has 3 heterocycles. The molecule has 2 saturated heterocycles. The lowest BCUT2D eigenvalue weighted by molar-refractivity contribution is -0.134. The maximum Gasteiger partial charge on any atom is 0.222 e. The van der Waals surface area contributed by atoms with Crippen LogP contribution in [-0.2, 0) is 4.79 Å². The number of aryl methyl sites for hydroxylation is 1. The number of hydrogen-bond acceptors (Lipinski definition) is 3. The summed E-state index contributed by atoms with van der Waals surface area (Å²) in [6.07, 6.45) is 4.81. The Morgan fingerprint density at radius 1 is 1.32 bits per heavy atom. The van der Waals surface area contributed by atoms with E-state index in [0.717, 1.165) is 31.7 Å². The van der Waals surface area contributed by atoms with Crippen LogP contribution >= 0.6 is 0 Å². The summed E-state index contributed by atoms with van der Waals surface area (Å²) in [5, 5.41) is 0. The number of nitrogens with zero attached hydrogens (tertiary/aromatic N) is 3. The standard InChI is InChI=1S/C15H21N3O/c1-3-15(19)18-12-5-6-13(18)10-17(9-12)14-7-4-11(2)8-16-14/h4,7-8,12-13H,3,5-6,9-10H2,1-2H3/t12-,13+. The number of fused-ring (bicyclic) bond motifs is 2. The second-order valence-electron chi connectivity index (χ2n) is 5.64. The lowest BCUT2D eigenvalue weighted by Crippen LogP contribution is -2.56.